The lowest BCUT2D eigenvalue weighted by Crippen LogP contribution is -2.37. The number of amides is 1. The first kappa shape index (κ1) is 21.9. The number of nitrogen functional groups attached to an aromatic ring is 1. The molecular formula is C24H28N6O2. The molecule has 1 amide bonds. The number of aromatic nitrogens is 2. The van der Waals surface area contributed by atoms with Crippen LogP contribution in [0.1, 0.15) is 28.6 Å². The molecule has 1 aliphatic heterocycles. The van der Waals surface area contributed by atoms with Crippen LogP contribution in [0.5, 0.6) is 0 Å². The maximum Gasteiger partial charge on any atom is 0.255 e. The molecule has 2 heterocycles. The second-order valence-corrected chi connectivity index (χ2v) is 7.77. The van der Waals surface area contributed by atoms with E-state index in [0.29, 0.717) is 22.8 Å². The zero-order chi connectivity index (χ0) is 22.3. The van der Waals surface area contributed by atoms with Crippen LogP contribution in [0.25, 0.3) is 11.3 Å². The first-order valence-electron chi connectivity index (χ1n) is 10.7. The highest BCUT2D eigenvalue weighted by Gasteiger charge is 2.15. The van der Waals surface area contributed by atoms with Gasteiger partial charge < -0.3 is 21.5 Å². The van der Waals surface area contributed by atoms with Gasteiger partial charge in [-0.1, -0.05) is 24.3 Å². The molecule has 8 nitrogen and oxygen atoms in total. The fourth-order valence-electron chi connectivity index (χ4n) is 3.59. The summed E-state index contributed by atoms with van der Waals surface area (Å²) >= 11 is 0. The minimum atomic E-state index is -0.237. The summed E-state index contributed by atoms with van der Waals surface area (Å²) in [7, 11) is 0. The van der Waals surface area contributed by atoms with Crippen LogP contribution >= 0.6 is 0 Å². The average Bonchev–Trinajstić information content (AvgIpc) is 2.85. The van der Waals surface area contributed by atoms with Crippen molar-refractivity contribution in [3.63, 3.8) is 0 Å². The van der Waals surface area contributed by atoms with Gasteiger partial charge in [-0.3, -0.25) is 9.69 Å². The Hall–Kier alpha value is -3.33. The van der Waals surface area contributed by atoms with Gasteiger partial charge in [0, 0.05) is 37.0 Å². The molecule has 166 valence electrons. The summed E-state index contributed by atoms with van der Waals surface area (Å²) in [6.07, 6.45) is 2.51. The Morgan fingerprint density at radius 2 is 1.84 bits per heavy atom. The molecule has 0 aliphatic carbocycles. The molecule has 32 heavy (non-hydrogen) atoms. The van der Waals surface area contributed by atoms with Gasteiger partial charge in [0.1, 0.15) is 5.82 Å². The fourth-order valence-corrected chi connectivity index (χ4v) is 3.59. The van der Waals surface area contributed by atoms with Crippen LogP contribution in [0.15, 0.2) is 60.8 Å². The number of carbonyl (C=O) groups is 1. The molecule has 1 unspecified atom stereocenters. The zero-order valence-electron chi connectivity index (χ0n) is 17.9. The number of benzene rings is 2. The Bertz CT molecular complexity index is 1050. The lowest BCUT2D eigenvalue weighted by atomic mass is 10.1. The summed E-state index contributed by atoms with van der Waals surface area (Å²) in [5.41, 5.74) is 15.6. The third-order valence-corrected chi connectivity index (χ3v) is 5.52. The van der Waals surface area contributed by atoms with Gasteiger partial charge in [0.05, 0.1) is 36.3 Å². The third kappa shape index (κ3) is 5.47. The number of ether oxygens (including phenoxy) is 1. The van der Waals surface area contributed by atoms with E-state index < -0.39 is 0 Å². The molecular weight excluding hydrogens is 404 g/mol. The van der Waals surface area contributed by atoms with Crippen molar-refractivity contribution < 1.29 is 9.53 Å². The van der Waals surface area contributed by atoms with E-state index in [-0.39, 0.29) is 11.9 Å². The van der Waals surface area contributed by atoms with Crippen LogP contribution in [-0.4, -0.2) is 53.6 Å². The summed E-state index contributed by atoms with van der Waals surface area (Å²) in [6.45, 7) is 4.31. The monoisotopic (exact) mass is 432 g/mol. The predicted octanol–water partition coefficient (Wildman–Crippen LogP) is 2.70. The first-order chi connectivity index (χ1) is 15.6. The van der Waals surface area contributed by atoms with Crippen molar-refractivity contribution in [3.8, 4) is 11.3 Å². The standard InChI is InChI=1S/C24H28N6O2/c25-19-3-1-2-4-22(19)29-24(31)18-7-5-17(6-8-18)21-9-11-27-23(28-21)20(26)10-12-30-13-15-32-16-14-30/h1-9,11,20H,10,12-16,25-26H2,(H,29,31). The highest BCUT2D eigenvalue weighted by atomic mass is 16.5. The SMILES string of the molecule is Nc1ccccc1NC(=O)c1ccc(-c2ccnc(C(N)CCN3CCOCC3)n2)cc1. The molecule has 4 rings (SSSR count). The van der Waals surface area contributed by atoms with Crippen molar-refractivity contribution in [2.24, 2.45) is 5.73 Å². The molecule has 1 aromatic heterocycles. The van der Waals surface area contributed by atoms with Crippen LogP contribution in [0, 0.1) is 0 Å². The van der Waals surface area contributed by atoms with Crippen LogP contribution < -0.4 is 16.8 Å². The Labute approximate surface area is 187 Å². The number of carbonyl (C=O) groups excluding carboxylic acids is 1. The zero-order valence-corrected chi connectivity index (χ0v) is 17.9. The Balaban J connectivity index is 1.40. The maximum atomic E-state index is 12.5. The van der Waals surface area contributed by atoms with Gasteiger partial charge in [-0.25, -0.2) is 9.97 Å². The lowest BCUT2D eigenvalue weighted by molar-refractivity contribution is 0.0365. The Morgan fingerprint density at radius 1 is 1.09 bits per heavy atom. The molecule has 0 radical (unpaired) electrons. The Morgan fingerprint density at radius 3 is 2.59 bits per heavy atom. The highest BCUT2D eigenvalue weighted by Crippen LogP contribution is 2.21. The van der Waals surface area contributed by atoms with E-state index in [2.05, 4.69) is 20.2 Å². The first-order valence-corrected chi connectivity index (χ1v) is 10.7. The largest absolute Gasteiger partial charge is 0.397 e. The van der Waals surface area contributed by atoms with E-state index in [1.807, 2.05) is 30.3 Å². The lowest BCUT2D eigenvalue weighted by Gasteiger charge is -2.27. The minimum Gasteiger partial charge on any atom is -0.397 e. The number of hydrogen-bond donors (Lipinski definition) is 3. The van der Waals surface area contributed by atoms with Crippen molar-refractivity contribution in [2.75, 3.05) is 43.9 Å². The third-order valence-electron chi connectivity index (χ3n) is 5.52. The van der Waals surface area contributed by atoms with E-state index in [4.69, 9.17) is 16.2 Å². The smallest absolute Gasteiger partial charge is 0.255 e. The van der Waals surface area contributed by atoms with Gasteiger partial charge in [-0.05, 0) is 36.8 Å². The predicted molar refractivity (Wildman–Crippen MR) is 125 cm³/mol. The highest BCUT2D eigenvalue weighted by molar-refractivity contribution is 6.05. The number of hydrogen-bond acceptors (Lipinski definition) is 7. The normalized spacial score (nSPS) is 15.3. The van der Waals surface area contributed by atoms with Gasteiger partial charge in [0.2, 0.25) is 0 Å². The molecule has 8 heteroatoms. The number of para-hydroxylation sites is 2. The van der Waals surface area contributed by atoms with Crippen molar-refractivity contribution in [2.45, 2.75) is 12.5 Å². The topological polar surface area (TPSA) is 119 Å². The van der Waals surface area contributed by atoms with Crippen molar-refractivity contribution in [1.29, 1.82) is 0 Å². The molecule has 1 atom stereocenters. The van der Waals surface area contributed by atoms with E-state index in [0.717, 1.165) is 50.5 Å². The van der Waals surface area contributed by atoms with Crippen LogP contribution in [-0.2, 0) is 4.74 Å². The summed E-state index contributed by atoms with van der Waals surface area (Å²) in [6, 6.07) is 16.1. The second-order valence-electron chi connectivity index (χ2n) is 7.77. The number of morpholine rings is 1. The number of rotatable bonds is 7. The molecule has 3 aromatic rings. The Kier molecular flexibility index (Phi) is 7.06. The van der Waals surface area contributed by atoms with E-state index in [1.165, 1.54) is 0 Å². The number of nitrogens with two attached hydrogens (primary N) is 2. The fraction of sp³-hybridized carbons (Fsp3) is 0.292. The molecule has 0 spiro atoms. The summed E-state index contributed by atoms with van der Waals surface area (Å²) in [4.78, 5) is 23.9. The summed E-state index contributed by atoms with van der Waals surface area (Å²) in [5, 5.41) is 2.83. The van der Waals surface area contributed by atoms with E-state index >= 15 is 0 Å². The molecule has 1 saturated heterocycles. The van der Waals surface area contributed by atoms with Crippen LogP contribution in [0.2, 0.25) is 0 Å². The molecule has 2 aromatic carbocycles. The summed E-state index contributed by atoms with van der Waals surface area (Å²) in [5.74, 6) is 0.403. The average molecular weight is 433 g/mol. The molecule has 0 saturated carbocycles. The molecule has 1 aliphatic rings. The van der Waals surface area contributed by atoms with Gasteiger partial charge in [0.15, 0.2) is 0 Å². The van der Waals surface area contributed by atoms with Gasteiger partial charge in [-0.2, -0.15) is 0 Å². The van der Waals surface area contributed by atoms with Crippen molar-refractivity contribution in [1.82, 2.24) is 14.9 Å². The van der Waals surface area contributed by atoms with E-state index in [9.17, 15) is 4.79 Å². The second kappa shape index (κ2) is 10.3. The van der Waals surface area contributed by atoms with Crippen molar-refractivity contribution in [3.05, 3.63) is 72.2 Å². The molecule has 5 N–H and O–H groups in total. The van der Waals surface area contributed by atoms with E-state index in [1.54, 1.807) is 30.5 Å². The number of anilines is 2. The van der Waals surface area contributed by atoms with Crippen LogP contribution in [0.3, 0.4) is 0 Å². The molecule has 1 fully saturated rings. The maximum absolute atomic E-state index is 12.5. The number of nitrogens with one attached hydrogen (secondary N) is 1. The minimum absolute atomic E-state index is 0.219. The van der Waals surface area contributed by atoms with Gasteiger partial charge >= 0.3 is 0 Å². The van der Waals surface area contributed by atoms with Crippen LogP contribution in [0.4, 0.5) is 11.4 Å². The summed E-state index contributed by atoms with van der Waals surface area (Å²) < 4.78 is 5.39. The van der Waals surface area contributed by atoms with Gasteiger partial charge in [0.25, 0.3) is 5.91 Å². The quantitative estimate of drug-likeness (QED) is 0.491. The number of nitrogens with zero attached hydrogens (tertiary/aromatic N) is 3. The van der Waals surface area contributed by atoms with Crippen molar-refractivity contribution >= 4 is 17.3 Å². The van der Waals surface area contributed by atoms with Gasteiger partial charge in [-0.15, -0.1) is 0 Å². The molecule has 0 bridgehead atoms.